The molecule has 0 saturated heterocycles. The van der Waals surface area contributed by atoms with Crippen molar-refractivity contribution in [1.82, 2.24) is 25.1 Å². The summed E-state index contributed by atoms with van der Waals surface area (Å²) < 4.78 is 14.9. The van der Waals surface area contributed by atoms with Crippen LogP contribution in [0.4, 0.5) is 15.9 Å². The van der Waals surface area contributed by atoms with Gasteiger partial charge >= 0.3 is 0 Å². The number of halogens is 1. The summed E-state index contributed by atoms with van der Waals surface area (Å²) in [6.07, 6.45) is 8.47. The first-order valence-corrected chi connectivity index (χ1v) is 12.5. The lowest BCUT2D eigenvalue weighted by atomic mass is 10.1. The van der Waals surface area contributed by atoms with Crippen molar-refractivity contribution < 1.29 is 14.0 Å². The van der Waals surface area contributed by atoms with Crippen molar-refractivity contribution in [2.45, 2.75) is 38.5 Å². The number of aromatic nitrogens is 5. The van der Waals surface area contributed by atoms with Crippen LogP contribution in [0.25, 0.3) is 22.6 Å². The number of carbonyl (C=O) groups excluding carboxylic acids is 2. The summed E-state index contributed by atoms with van der Waals surface area (Å²) in [4.78, 5) is 38.3. The molecule has 0 bridgehead atoms. The third-order valence-electron chi connectivity index (χ3n) is 6.65. The molecule has 0 unspecified atom stereocenters. The van der Waals surface area contributed by atoms with Gasteiger partial charge in [0.05, 0.1) is 28.8 Å². The number of nitrogens with one attached hydrogen (secondary N) is 2. The van der Waals surface area contributed by atoms with Crippen molar-refractivity contribution in [3.63, 3.8) is 0 Å². The largest absolute Gasteiger partial charge is 0.319 e. The second kappa shape index (κ2) is 9.70. The highest BCUT2D eigenvalue weighted by atomic mass is 19.1. The lowest BCUT2D eigenvalue weighted by Crippen LogP contribution is -2.14. The molecule has 3 aromatic heterocycles. The Bertz CT molecular complexity index is 1570. The number of pyridine rings is 1. The van der Waals surface area contributed by atoms with Crippen molar-refractivity contribution in [3.8, 4) is 22.6 Å². The van der Waals surface area contributed by atoms with Crippen LogP contribution in [0.2, 0.25) is 0 Å². The van der Waals surface area contributed by atoms with Crippen molar-refractivity contribution in [1.29, 1.82) is 0 Å². The Morgan fingerprint density at radius 3 is 2.58 bits per heavy atom. The monoisotopic (exact) mass is 509 g/mol. The van der Waals surface area contributed by atoms with Crippen LogP contribution in [0.5, 0.6) is 0 Å². The molecule has 4 aromatic rings. The average Bonchev–Trinajstić information content (AvgIpc) is 3.83. The third kappa shape index (κ3) is 5.10. The van der Waals surface area contributed by atoms with Crippen LogP contribution < -0.4 is 10.6 Å². The molecule has 2 aliphatic carbocycles. The van der Waals surface area contributed by atoms with Crippen LogP contribution in [0, 0.1) is 18.7 Å². The molecule has 2 saturated carbocycles. The maximum Gasteiger partial charge on any atom is 0.257 e. The molecule has 2 fully saturated rings. The fraction of sp³-hybridized carbons (Fsp3) is 0.250. The van der Waals surface area contributed by atoms with Crippen molar-refractivity contribution in [3.05, 3.63) is 77.6 Å². The number of hydrogen-bond acceptors (Lipinski definition) is 7. The molecule has 2 aliphatic rings. The first-order valence-electron chi connectivity index (χ1n) is 12.5. The molecule has 9 nitrogen and oxygen atoms in total. The number of carbonyl (C=O) groups is 2. The van der Waals surface area contributed by atoms with E-state index in [1.54, 1.807) is 43.6 Å². The van der Waals surface area contributed by atoms with Gasteiger partial charge in [0, 0.05) is 35.4 Å². The molecule has 0 spiro atoms. The molecular formula is C28H24FN7O2. The first kappa shape index (κ1) is 23.8. The zero-order valence-electron chi connectivity index (χ0n) is 20.6. The van der Waals surface area contributed by atoms with Gasteiger partial charge in [-0.15, -0.1) is 0 Å². The zero-order chi connectivity index (χ0) is 26.2. The number of anilines is 2. The van der Waals surface area contributed by atoms with Crippen LogP contribution in [-0.2, 0) is 4.79 Å². The van der Waals surface area contributed by atoms with E-state index in [-0.39, 0.29) is 17.5 Å². The number of hydrogen-bond donors (Lipinski definition) is 2. The zero-order valence-corrected chi connectivity index (χ0v) is 20.6. The first-order chi connectivity index (χ1) is 18.4. The van der Waals surface area contributed by atoms with Crippen LogP contribution in [0.1, 0.15) is 53.2 Å². The van der Waals surface area contributed by atoms with Crippen LogP contribution in [-0.4, -0.2) is 37.0 Å². The molecule has 2 N–H and O–H groups in total. The fourth-order valence-corrected chi connectivity index (χ4v) is 4.17. The summed E-state index contributed by atoms with van der Waals surface area (Å²) in [5.74, 6) is 0.176. The van der Waals surface area contributed by atoms with Gasteiger partial charge in [0.15, 0.2) is 5.82 Å². The van der Waals surface area contributed by atoms with Crippen molar-refractivity contribution in [2.75, 3.05) is 10.6 Å². The molecule has 1 aromatic carbocycles. The summed E-state index contributed by atoms with van der Waals surface area (Å²) in [6, 6.07) is 9.89. The summed E-state index contributed by atoms with van der Waals surface area (Å²) >= 11 is 0. The van der Waals surface area contributed by atoms with Gasteiger partial charge in [-0.3, -0.25) is 9.59 Å². The second-order valence-electron chi connectivity index (χ2n) is 9.70. The van der Waals surface area contributed by atoms with Crippen LogP contribution >= 0.6 is 0 Å². The normalized spacial score (nSPS) is 14.7. The Morgan fingerprint density at radius 1 is 0.974 bits per heavy atom. The molecule has 3 heterocycles. The third-order valence-corrected chi connectivity index (χ3v) is 6.65. The predicted octanol–water partition coefficient (Wildman–Crippen LogP) is 4.92. The quantitative estimate of drug-likeness (QED) is 0.362. The minimum Gasteiger partial charge on any atom is -0.319 e. The molecule has 38 heavy (non-hydrogen) atoms. The highest BCUT2D eigenvalue weighted by Crippen LogP contribution is 2.39. The summed E-state index contributed by atoms with van der Waals surface area (Å²) in [5.41, 5.74) is 3.67. The summed E-state index contributed by atoms with van der Waals surface area (Å²) in [5, 5.41) is 13.5. The molecule has 10 heteroatoms. The number of aryl methyl sites for hydroxylation is 1. The number of rotatable bonds is 7. The van der Waals surface area contributed by atoms with E-state index in [1.165, 1.54) is 18.3 Å². The molecule has 0 radical (unpaired) electrons. The number of amides is 2. The van der Waals surface area contributed by atoms with Gasteiger partial charge in [0.2, 0.25) is 5.91 Å². The highest BCUT2D eigenvalue weighted by Gasteiger charge is 2.30. The van der Waals surface area contributed by atoms with E-state index < -0.39 is 11.7 Å². The lowest BCUT2D eigenvalue weighted by molar-refractivity contribution is -0.117. The van der Waals surface area contributed by atoms with Gasteiger partial charge in [-0.2, -0.15) is 10.2 Å². The van der Waals surface area contributed by atoms with Crippen molar-refractivity contribution in [2.24, 2.45) is 5.92 Å². The van der Waals surface area contributed by atoms with E-state index in [1.807, 2.05) is 0 Å². The minimum absolute atomic E-state index is 0.0170. The fourth-order valence-electron chi connectivity index (χ4n) is 4.17. The summed E-state index contributed by atoms with van der Waals surface area (Å²) in [6.45, 7) is 1.76. The molecule has 0 atom stereocenters. The van der Waals surface area contributed by atoms with Gasteiger partial charge in [-0.25, -0.2) is 19.3 Å². The van der Waals surface area contributed by atoms with Crippen LogP contribution in [0.3, 0.4) is 0 Å². The molecule has 190 valence electrons. The van der Waals surface area contributed by atoms with E-state index in [2.05, 4.69) is 35.8 Å². The second-order valence-corrected chi connectivity index (χ2v) is 9.70. The number of nitrogens with zero attached hydrogens (tertiary/aromatic N) is 5. The van der Waals surface area contributed by atoms with Gasteiger partial charge in [0.25, 0.3) is 5.91 Å². The van der Waals surface area contributed by atoms with Crippen LogP contribution in [0.15, 0.2) is 55.0 Å². The molecule has 0 aliphatic heterocycles. The van der Waals surface area contributed by atoms with Gasteiger partial charge in [0.1, 0.15) is 11.6 Å². The maximum absolute atomic E-state index is 14.9. The van der Waals surface area contributed by atoms with E-state index in [0.717, 1.165) is 36.9 Å². The Hall–Kier alpha value is -4.60. The highest BCUT2D eigenvalue weighted by molar-refractivity contribution is 6.04. The van der Waals surface area contributed by atoms with Crippen molar-refractivity contribution >= 4 is 23.3 Å². The summed E-state index contributed by atoms with van der Waals surface area (Å²) in [7, 11) is 0. The molecule has 6 rings (SSSR count). The van der Waals surface area contributed by atoms with E-state index in [9.17, 15) is 14.0 Å². The minimum atomic E-state index is -0.564. The molecule has 2 amide bonds. The van der Waals surface area contributed by atoms with E-state index in [4.69, 9.17) is 0 Å². The Labute approximate surface area is 218 Å². The smallest absolute Gasteiger partial charge is 0.257 e. The Balaban J connectivity index is 1.26. The molecular weight excluding hydrogens is 485 g/mol. The topological polar surface area (TPSA) is 123 Å². The number of benzene rings is 1. The lowest BCUT2D eigenvalue weighted by Gasteiger charge is -2.12. The van der Waals surface area contributed by atoms with E-state index in [0.29, 0.717) is 39.9 Å². The van der Waals surface area contributed by atoms with E-state index >= 15 is 0 Å². The Kier molecular flexibility index (Phi) is 6.07. The Morgan fingerprint density at radius 2 is 1.79 bits per heavy atom. The van der Waals surface area contributed by atoms with Gasteiger partial charge < -0.3 is 10.6 Å². The van der Waals surface area contributed by atoms with Gasteiger partial charge in [-0.05, 0) is 74.6 Å². The maximum atomic E-state index is 14.9. The predicted molar refractivity (Wildman–Crippen MR) is 139 cm³/mol. The standard InChI is InChI=1S/C28H24FN7O2/c1-15-10-21(29)24(34-28(38)19-11-23(16-2-3-16)36-32-14-19)13-20(15)26-31-9-7-22(33-26)18-6-8-30-25(12-18)35-27(37)17-4-5-17/h6-14,16-17H,2-5H2,1H3,(H,34,38)(H,30,35,37). The average molecular weight is 510 g/mol. The van der Waals surface area contributed by atoms with Gasteiger partial charge in [-0.1, -0.05) is 0 Å². The SMILES string of the molecule is Cc1cc(F)c(NC(=O)c2cnnc(C3CC3)c2)cc1-c1nccc(-c2ccnc(NC(=O)C3CC3)c2)n1.